The lowest BCUT2D eigenvalue weighted by Crippen LogP contribution is -2.27. The maximum atomic E-state index is 11.3. The molecule has 0 aromatic heterocycles. The van der Waals surface area contributed by atoms with E-state index in [1.807, 2.05) is 0 Å². The molecule has 0 radical (unpaired) electrons. The first-order valence-corrected chi connectivity index (χ1v) is 5.36. The monoisotopic (exact) mass is 212 g/mol. The van der Waals surface area contributed by atoms with Gasteiger partial charge in [0.2, 0.25) is 5.91 Å². The molecule has 84 valence electrons. The van der Waals surface area contributed by atoms with E-state index in [4.69, 9.17) is 4.74 Å². The van der Waals surface area contributed by atoms with E-state index in [-0.39, 0.29) is 18.1 Å². The smallest absolute Gasteiger partial charge is 0.409 e. The Morgan fingerprint density at radius 2 is 2.33 bits per heavy atom. The highest BCUT2D eigenvalue weighted by Crippen LogP contribution is 2.19. The van der Waals surface area contributed by atoms with Gasteiger partial charge in [0.05, 0.1) is 6.54 Å². The Labute approximate surface area is 88.8 Å². The average molecular weight is 212 g/mol. The quantitative estimate of drug-likeness (QED) is 0.738. The molecular weight excluding hydrogens is 196 g/mol. The maximum absolute atomic E-state index is 11.3. The van der Waals surface area contributed by atoms with Crippen molar-refractivity contribution in [2.75, 3.05) is 13.6 Å². The van der Waals surface area contributed by atoms with Crippen LogP contribution < -0.4 is 5.32 Å². The molecule has 2 aliphatic rings. The first kappa shape index (κ1) is 10.3. The van der Waals surface area contributed by atoms with Crippen molar-refractivity contribution in [1.29, 1.82) is 0 Å². The summed E-state index contributed by atoms with van der Waals surface area (Å²) in [5.74, 6) is 0.0723. The van der Waals surface area contributed by atoms with E-state index in [9.17, 15) is 9.59 Å². The van der Waals surface area contributed by atoms with E-state index in [1.54, 1.807) is 7.05 Å². The molecule has 0 spiro atoms. The van der Waals surface area contributed by atoms with Crippen LogP contribution in [0.1, 0.15) is 25.7 Å². The van der Waals surface area contributed by atoms with Crippen LogP contribution in [0, 0.1) is 0 Å². The number of nitrogens with one attached hydrogen (secondary N) is 1. The molecule has 1 N–H and O–H groups in total. The molecule has 5 heteroatoms. The third-order valence-electron chi connectivity index (χ3n) is 2.69. The molecule has 1 unspecified atom stereocenters. The van der Waals surface area contributed by atoms with Gasteiger partial charge in [-0.25, -0.2) is 4.79 Å². The number of hydrogen-bond donors (Lipinski definition) is 1. The summed E-state index contributed by atoms with van der Waals surface area (Å²) in [5, 5.41) is 2.91. The minimum absolute atomic E-state index is 0.0723. The summed E-state index contributed by atoms with van der Waals surface area (Å²) >= 11 is 0. The average Bonchev–Trinajstić information content (AvgIpc) is 2.92. The molecule has 2 rings (SSSR count). The molecule has 1 atom stereocenters. The van der Waals surface area contributed by atoms with Gasteiger partial charge in [0.1, 0.15) is 6.10 Å². The van der Waals surface area contributed by atoms with Crippen molar-refractivity contribution < 1.29 is 14.3 Å². The number of likely N-dealkylation sites (N-methyl/N-ethyl adjacent to an activating group) is 1. The van der Waals surface area contributed by atoms with Crippen molar-refractivity contribution in [3.63, 3.8) is 0 Å². The topological polar surface area (TPSA) is 58.6 Å². The molecular formula is C10H16N2O3. The standard InChI is InChI=1S/C10H16N2O3/c1-12-6-8(15-10(12)14)4-5-9(13)11-7-2-3-7/h7-8H,2-6H2,1H3,(H,11,13). The van der Waals surface area contributed by atoms with E-state index in [0.717, 1.165) is 12.8 Å². The summed E-state index contributed by atoms with van der Waals surface area (Å²) in [6.07, 6.45) is 2.87. The minimum atomic E-state index is -0.289. The lowest BCUT2D eigenvalue weighted by Gasteiger charge is -2.07. The van der Waals surface area contributed by atoms with Crippen molar-refractivity contribution in [3.05, 3.63) is 0 Å². The molecule has 2 amide bonds. The van der Waals surface area contributed by atoms with Crippen molar-refractivity contribution in [2.45, 2.75) is 37.8 Å². The lowest BCUT2D eigenvalue weighted by molar-refractivity contribution is -0.121. The van der Waals surface area contributed by atoms with Crippen molar-refractivity contribution in [1.82, 2.24) is 10.2 Å². The Morgan fingerprint density at radius 3 is 2.87 bits per heavy atom. The largest absolute Gasteiger partial charge is 0.444 e. The van der Waals surface area contributed by atoms with E-state index < -0.39 is 0 Å². The molecule has 1 aliphatic carbocycles. The van der Waals surface area contributed by atoms with Crippen molar-refractivity contribution in [2.24, 2.45) is 0 Å². The zero-order valence-corrected chi connectivity index (χ0v) is 8.86. The lowest BCUT2D eigenvalue weighted by atomic mass is 10.2. The molecule has 2 fully saturated rings. The van der Waals surface area contributed by atoms with Gasteiger partial charge in [0.15, 0.2) is 0 Å². The van der Waals surface area contributed by atoms with Gasteiger partial charge >= 0.3 is 6.09 Å². The minimum Gasteiger partial charge on any atom is -0.444 e. The van der Waals surface area contributed by atoms with Crippen LogP contribution >= 0.6 is 0 Å². The van der Waals surface area contributed by atoms with Gasteiger partial charge in [0, 0.05) is 19.5 Å². The van der Waals surface area contributed by atoms with Gasteiger partial charge in [-0.3, -0.25) is 4.79 Å². The SMILES string of the molecule is CN1CC(CCC(=O)NC2CC2)OC1=O. The van der Waals surface area contributed by atoms with Gasteiger partial charge in [-0.2, -0.15) is 0 Å². The maximum Gasteiger partial charge on any atom is 0.409 e. The Balaban J connectivity index is 1.64. The number of carbonyl (C=O) groups is 2. The van der Waals surface area contributed by atoms with Crippen molar-refractivity contribution in [3.8, 4) is 0 Å². The van der Waals surface area contributed by atoms with E-state index in [0.29, 0.717) is 25.4 Å². The zero-order valence-electron chi connectivity index (χ0n) is 8.86. The molecule has 1 heterocycles. The Hall–Kier alpha value is -1.26. The van der Waals surface area contributed by atoms with E-state index >= 15 is 0 Å². The van der Waals surface area contributed by atoms with Crippen LogP contribution in [-0.4, -0.2) is 42.6 Å². The van der Waals surface area contributed by atoms with Crippen LogP contribution in [0.3, 0.4) is 0 Å². The van der Waals surface area contributed by atoms with Crippen LogP contribution in [0.15, 0.2) is 0 Å². The summed E-state index contributed by atoms with van der Waals surface area (Å²) in [6.45, 7) is 0.593. The molecule has 1 aliphatic heterocycles. The van der Waals surface area contributed by atoms with Crippen LogP contribution in [0.25, 0.3) is 0 Å². The van der Waals surface area contributed by atoms with Crippen LogP contribution in [-0.2, 0) is 9.53 Å². The van der Waals surface area contributed by atoms with Gasteiger partial charge < -0.3 is 15.0 Å². The predicted molar refractivity (Wildman–Crippen MR) is 53.3 cm³/mol. The number of ether oxygens (including phenoxy) is 1. The number of carbonyl (C=O) groups excluding carboxylic acids is 2. The van der Waals surface area contributed by atoms with E-state index in [1.165, 1.54) is 4.90 Å². The zero-order chi connectivity index (χ0) is 10.8. The Bertz CT molecular complexity index is 276. The highest BCUT2D eigenvalue weighted by Gasteiger charge is 2.29. The number of rotatable bonds is 4. The number of amides is 2. The fraction of sp³-hybridized carbons (Fsp3) is 0.800. The second kappa shape index (κ2) is 4.08. The van der Waals surface area contributed by atoms with Crippen LogP contribution in [0.2, 0.25) is 0 Å². The molecule has 1 saturated carbocycles. The Kier molecular flexibility index (Phi) is 2.79. The fourth-order valence-electron chi connectivity index (χ4n) is 1.62. The molecule has 15 heavy (non-hydrogen) atoms. The summed E-state index contributed by atoms with van der Waals surface area (Å²) < 4.78 is 5.05. The molecule has 0 aromatic carbocycles. The summed E-state index contributed by atoms with van der Waals surface area (Å²) in [5.41, 5.74) is 0. The number of nitrogens with zero attached hydrogens (tertiary/aromatic N) is 1. The number of hydrogen-bond acceptors (Lipinski definition) is 3. The summed E-state index contributed by atoms with van der Waals surface area (Å²) in [4.78, 5) is 23.9. The molecule has 0 aromatic rings. The van der Waals surface area contributed by atoms with Crippen LogP contribution in [0.5, 0.6) is 0 Å². The first-order chi connectivity index (χ1) is 7.15. The second-order valence-corrected chi connectivity index (χ2v) is 4.27. The normalized spacial score (nSPS) is 25.3. The first-order valence-electron chi connectivity index (χ1n) is 5.36. The fourth-order valence-corrected chi connectivity index (χ4v) is 1.62. The van der Waals surface area contributed by atoms with Crippen LogP contribution in [0.4, 0.5) is 4.79 Å². The summed E-state index contributed by atoms with van der Waals surface area (Å²) in [7, 11) is 1.70. The van der Waals surface area contributed by atoms with Gasteiger partial charge in [0.25, 0.3) is 0 Å². The highest BCUT2D eigenvalue weighted by atomic mass is 16.6. The van der Waals surface area contributed by atoms with Gasteiger partial charge in [-0.05, 0) is 19.3 Å². The molecule has 5 nitrogen and oxygen atoms in total. The second-order valence-electron chi connectivity index (χ2n) is 4.27. The van der Waals surface area contributed by atoms with Gasteiger partial charge in [-0.15, -0.1) is 0 Å². The summed E-state index contributed by atoms with van der Waals surface area (Å²) in [6, 6.07) is 0.409. The predicted octanol–water partition coefficient (Wildman–Crippen LogP) is 0.496. The third kappa shape index (κ3) is 2.84. The highest BCUT2D eigenvalue weighted by molar-refractivity contribution is 5.76. The third-order valence-corrected chi connectivity index (χ3v) is 2.69. The molecule has 0 bridgehead atoms. The Morgan fingerprint density at radius 1 is 1.60 bits per heavy atom. The molecule has 1 saturated heterocycles. The number of cyclic esters (lactones) is 1. The van der Waals surface area contributed by atoms with Crippen molar-refractivity contribution >= 4 is 12.0 Å². The van der Waals surface area contributed by atoms with Gasteiger partial charge in [-0.1, -0.05) is 0 Å². The van der Waals surface area contributed by atoms with E-state index in [2.05, 4.69) is 5.32 Å².